The first-order chi connectivity index (χ1) is 8.62. The smallest absolute Gasteiger partial charge is 0.236 e. The summed E-state index contributed by atoms with van der Waals surface area (Å²) in [6, 6.07) is 0.547. The van der Waals surface area contributed by atoms with Gasteiger partial charge in [-0.05, 0) is 39.2 Å². The molecule has 0 aromatic rings. The Labute approximate surface area is 108 Å². The van der Waals surface area contributed by atoms with Crippen molar-refractivity contribution in [1.82, 2.24) is 10.2 Å². The Balaban J connectivity index is 1.80. The van der Waals surface area contributed by atoms with Gasteiger partial charge >= 0.3 is 0 Å². The average Bonchev–Trinajstić information content (AvgIpc) is 2.87. The molecule has 18 heavy (non-hydrogen) atoms. The molecule has 2 heterocycles. The van der Waals surface area contributed by atoms with Crippen LogP contribution >= 0.6 is 0 Å². The molecule has 3 aliphatic rings. The minimum Gasteiger partial charge on any atom is -0.314 e. The maximum Gasteiger partial charge on any atom is 0.236 e. The van der Waals surface area contributed by atoms with Crippen LogP contribution < -0.4 is 5.32 Å². The molecular formula is C14H22N2O2. The minimum absolute atomic E-state index is 0.0843. The Morgan fingerprint density at radius 3 is 2.67 bits per heavy atom. The minimum atomic E-state index is -0.300. The maximum absolute atomic E-state index is 12.6. The lowest BCUT2D eigenvalue weighted by atomic mass is 9.84. The second kappa shape index (κ2) is 4.34. The van der Waals surface area contributed by atoms with Crippen molar-refractivity contribution >= 4 is 11.8 Å². The molecule has 0 aromatic heterocycles. The van der Waals surface area contributed by atoms with Crippen molar-refractivity contribution in [2.45, 2.75) is 64.0 Å². The van der Waals surface area contributed by atoms with E-state index in [9.17, 15) is 9.59 Å². The van der Waals surface area contributed by atoms with E-state index in [4.69, 9.17) is 0 Å². The molecule has 1 N–H and O–H groups in total. The zero-order valence-electron chi connectivity index (χ0n) is 11.1. The van der Waals surface area contributed by atoms with E-state index in [0.717, 1.165) is 45.1 Å². The summed E-state index contributed by atoms with van der Waals surface area (Å²) in [5.74, 6) is 0.227. The molecule has 4 nitrogen and oxygen atoms in total. The number of carbonyl (C=O) groups is 2. The van der Waals surface area contributed by atoms with Gasteiger partial charge in [0.1, 0.15) is 0 Å². The first-order valence-corrected chi connectivity index (χ1v) is 7.22. The number of hydrogen-bond donors (Lipinski definition) is 1. The van der Waals surface area contributed by atoms with Gasteiger partial charge in [-0.15, -0.1) is 0 Å². The van der Waals surface area contributed by atoms with Gasteiger partial charge in [-0.2, -0.15) is 0 Å². The molecule has 2 atom stereocenters. The van der Waals surface area contributed by atoms with Gasteiger partial charge in [-0.25, -0.2) is 0 Å². The highest BCUT2D eigenvalue weighted by atomic mass is 16.2. The third-order valence-corrected chi connectivity index (χ3v) is 4.95. The van der Waals surface area contributed by atoms with Crippen LogP contribution in [0, 0.1) is 5.41 Å². The lowest BCUT2D eigenvalue weighted by Gasteiger charge is -2.34. The molecule has 3 rings (SSSR count). The Morgan fingerprint density at radius 1 is 1.28 bits per heavy atom. The summed E-state index contributed by atoms with van der Waals surface area (Å²) in [4.78, 5) is 26.5. The summed E-state index contributed by atoms with van der Waals surface area (Å²) >= 11 is 0. The number of likely N-dealkylation sites (tertiary alicyclic amines) is 1. The Hall–Kier alpha value is -0.900. The largest absolute Gasteiger partial charge is 0.314 e. The average molecular weight is 250 g/mol. The number of hydrogen-bond acceptors (Lipinski definition) is 3. The Kier molecular flexibility index (Phi) is 2.93. The molecule has 4 heteroatoms. The first kappa shape index (κ1) is 12.2. The highest BCUT2D eigenvalue weighted by molar-refractivity contribution is 6.06. The first-order valence-electron chi connectivity index (χ1n) is 7.22. The lowest BCUT2D eigenvalue weighted by Crippen LogP contribution is -2.49. The molecule has 2 saturated heterocycles. The van der Waals surface area contributed by atoms with Crippen LogP contribution in [0.1, 0.15) is 51.9 Å². The van der Waals surface area contributed by atoms with E-state index in [1.54, 1.807) is 4.90 Å². The van der Waals surface area contributed by atoms with Crippen LogP contribution in [-0.2, 0) is 9.59 Å². The molecule has 1 saturated carbocycles. The van der Waals surface area contributed by atoms with Gasteiger partial charge in [-0.1, -0.05) is 12.8 Å². The lowest BCUT2D eigenvalue weighted by molar-refractivity contribution is -0.144. The molecule has 2 amide bonds. The molecule has 0 radical (unpaired) electrons. The normalized spacial score (nSPS) is 35.7. The second-order valence-electron chi connectivity index (χ2n) is 6.27. The van der Waals surface area contributed by atoms with E-state index in [1.807, 2.05) is 0 Å². The second-order valence-corrected chi connectivity index (χ2v) is 6.27. The van der Waals surface area contributed by atoms with Gasteiger partial charge in [-0.3, -0.25) is 14.5 Å². The van der Waals surface area contributed by atoms with Crippen molar-refractivity contribution in [3.8, 4) is 0 Å². The fraction of sp³-hybridized carbons (Fsp3) is 0.857. The molecular weight excluding hydrogens is 228 g/mol. The quantitative estimate of drug-likeness (QED) is 0.717. The monoisotopic (exact) mass is 250 g/mol. The number of amides is 2. The van der Waals surface area contributed by atoms with E-state index >= 15 is 0 Å². The maximum atomic E-state index is 12.6. The van der Waals surface area contributed by atoms with Crippen molar-refractivity contribution in [2.75, 3.05) is 6.54 Å². The Bertz CT molecular complexity index is 374. The molecule has 0 bridgehead atoms. The van der Waals surface area contributed by atoms with Crippen molar-refractivity contribution in [2.24, 2.45) is 5.41 Å². The van der Waals surface area contributed by atoms with Gasteiger partial charge in [0.15, 0.2) is 0 Å². The van der Waals surface area contributed by atoms with Crippen LogP contribution in [0.4, 0.5) is 0 Å². The van der Waals surface area contributed by atoms with Gasteiger partial charge in [0.2, 0.25) is 11.8 Å². The highest BCUT2D eigenvalue weighted by Gasteiger charge is 2.54. The summed E-state index contributed by atoms with van der Waals surface area (Å²) in [6.07, 6.45) is 6.36. The summed E-state index contributed by atoms with van der Waals surface area (Å²) < 4.78 is 0. The van der Waals surface area contributed by atoms with Crippen molar-refractivity contribution in [3.05, 3.63) is 0 Å². The summed E-state index contributed by atoms with van der Waals surface area (Å²) in [7, 11) is 0. The van der Waals surface area contributed by atoms with Crippen LogP contribution in [0.3, 0.4) is 0 Å². The number of piperidine rings is 1. The van der Waals surface area contributed by atoms with Crippen LogP contribution in [-0.4, -0.2) is 35.3 Å². The van der Waals surface area contributed by atoms with Crippen LogP contribution in [0.5, 0.6) is 0 Å². The number of nitrogens with zero attached hydrogens (tertiary/aromatic N) is 1. The Morgan fingerprint density at radius 2 is 2.00 bits per heavy atom. The molecule has 1 spiro atoms. The molecule has 100 valence electrons. The SMILES string of the molecule is CC1CC(N2C(=O)CC3(CCCC3)C2=O)CCN1. The van der Waals surface area contributed by atoms with Gasteiger partial charge in [0.25, 0.3) is 0 Å². The highest BCUT2D eigenvalue weighted by Crippen LogP contribution is 2.47. The third-order valence-electron chi connectivity index (χ3n) is 4.95. The van der Waals surface area contributed by atoms with Crippen LogP contribution in [0.2, 0.25) is 0 Å². The predicted molar refractivity (Wildman–Crippen MR) is 67.9 cm³/mol. The van der Waals surface area contributed by atoms with Crippen LogP contribution in [0.15, 0.2) is 0 Å². The van der Waals surface area contributed by atoms with E-state index in [2.05, 4.69) is 12.2 Å². The predicted octanol–water partition coefficient (Wildman–Crippen LogP) is 1.45. The molecule has 3 fully saturated rings. The van der Waals surface area contributed by atoms with E-state index < -0.39 is 0 Å². The van der Waals surface area contributed by atoms with Crippen molar-refractivity contribution in [1.29, 1.82) is 0 Å². The molecule has 2 unspecified atom stereocenters. The molecule has 1 aliphatic carbocycles. The summed E-state index contributed by atoms with van der Waals surface area (Å²) in [5.41, 5.74) is -0.300. The van der Waals surface area contributed by atoms with Gasteiger partial charge in [0, 0.05) is 18.5 Å². The number of imide groups is 1. The summed E-state index contributed by atoms with van der Waals surface area (Å²) in [5, 5.41) is 3.38. The van der Waals surface area contributed by atoms with Gasteiger partial charge < -0.3 is 5.32 Å². The number of rotatable bonds is 1. The van der Waals surface area contributed by atoms with E-state index in [-0.39, 0.29) is 23.3 Å². The number of carbonyl (C=O) groups excluding carboxylic acids is 2. The van der Waals surface area contributed by atoms with E-state index in [1.165, 1.54) is 0 Å². The van der Waals surface area contributed by atoms with Gasteiger partial charge in [0.05, 0.1) is 5.41 Å². The fourth-order valence-corrected chi connectivity index (χ4v) is 3.97. The zero-order valence-corrected chi connectivity index (χ0v) is 11.1. The molecule has 2 aliphatic heterocycles. The third kappa shape index (κ3) is 1.78. The number of nitrogens with one attached hydrogen (secondary N) is 1. The topological polar surface area (TPSA) is 49.4 Å². The van der Waals surface area contributed by atoms with E-state index in [0.29, 0.717) is 12.5 Å². The van der Waals surface area contributed by atoms with Crippen LogP contribution in [0.25, 0.3) is 0 Å². The summed E-state index contributed by atoms with van der Waals surface area (Å²) in [6.45, 7) is 3.04. The standard InChI is InChI=1S/C14H22N2O2/c1-10-8-11(4-7-15-10)16-12(17)9-14(13(16)18)5-2-3-6-14/h10-11,15H,2-9H2,1H3. The molecule has 0 aromatic carbocycles. The zero-order chi connectivity index (χ0) is 12.8. The fourth-order valence-electron chi connectivity index (χ4n) is 3.97. The van der Waals surface area contributed by atoms with Crippen molar-refractivity contribution < 1.29 is 9.59 Å². The van der Waals surface area contributed by atoms with Crippen molar-refractivity contribution in [3.63, 3.8) is 0 Å².